The first kappa shape index (κ1) is 19.5. The molecule has 5 heteroatoms. The van der Waals surface area contributed by atoms with Crippen molar-refractivity contribution in [2.75, 3.05) is 25.3 Å². The molecule has 28 heavy (non-hydrogen) atoms. The van der Waals surface area contributed by atoms with Crippen molar-refractivity contribution in [3.63, 3.8) is 0 Å². The Hall–Kier alpha value is -3.31. The van der Waals surface area contributed by atoms with Crippen LogP contribution in [0.4, 0.5) is 5.69 Å². The number of hydrogen-bond acceptors (Lipinski definition) is 4. The van der Waals surface area contributed by atoms with Crippen molar-refractivity contribution in [2.24, 2.45) is 0 Å². The second kappa shape index (κ2) is 10.1. The SMILES string of the molecule is COCCOc1cccc(C(=O)NN(Cc2ccccc2)c2ccccc2)c1. The highest BCUT2D eigenvalue weighted by molar-refractivity contribution is 5.95. The predicted molar refractivity (Wildman–Crippen MR) is 110 cm³/mol. The van der Waals surface area contributed by atoms with Crippen LogP contribution in [0, 0.1) is 0 Å². The van der Waals surface area contributed by atoms with Gasteiger partial charge in [0.1, 0.15) is 12.4 Å². The molecule has 0 aromatic heterocycles. The summed E-state index contributed by atoms with van der Waals surface area (Å²) in [7, 11) is 1.62. The molecule has 3 aromatic carbocycles. The third-order valence-electron chi connectivity index (χ3n) is 4.14. The number of anilines is 1. The van der Waals surface area contributed by atoms with Gasteiger partial charge in [-0.3, -0.25) is 15.2 Å². The topological polar surface area (TPSA) is 50.8 Å². The summed E-state index contributed by atoms with van der Waals surface area (Å²) in [4.78, 5) is 12.9. The summed E-state index contributed by atoms with van der Waals surface area (Å²) in [5.41, 5.74) is 5.55. The van der Waals surface area contributed by atoms with Crippen molar-refractivity contribution in [1.82, 2.24) is 5.43 Å². The molecule has 0 aliphatic heterocycles. The Bertz CT molecular complexity index is 869. The zero-order chi connectivity index (χ0) is 19.6. The van der Waals surface area contributed by atoms with Gasteiger partial charge in [-0.15, -0.1) is 0 Å². The minimum absolute atomic E-state index is 0.197. The molecule has 1 N–H and O–H groups in total. The monoisotopic (exact) mass is 376 g/mol. The lowest BCUT2D eigenvalue weighted by Gasteiger charge is -2.25. The highest BCUT2D eigenvalue weighted by Gasteiger charge is 2.13. The first-order valence-electron chi connectivity index (χ1n) is 9.15. The molecule has 5 nitrogen and oxygen atoms in total. The molecular formula is C23H24N2O3. The second-order valence-electron chi connectivity index (χ2n) is 6.22. The predicted octanol–water partition coefficient (Wildman–Crippen LogP) is 4.06. The largest absolute Gasteiger partial charge is 0.491 e. The van der Waals surface area contributed by atoms with Crippen LogP contribution in [0.2, 0.25) is 0 Å². The molecule has 0 heterocycles. The van der Waals surface area contributed by atoms with Gasteiger partial charge in [-0.05, 0) is 35.9 Å². The molecule has 0 aliphatic carbocycles. The van der Waals surface area contributed by atoms with E-state index in [9.17, 15) is 4.79 Å². The van der Waals surface area contributed by atoms with E-state index in [4.69, 9.17) is 9.47 Å². The maximum atomic E-state index is 12.9. The highest BCUT2D eigenvalue weighted by atomic mass is 16.5. The average Bonchev–Trinajstić information content (AvgIpc) is 2.75. The number of hydrazine groups is 1. The van der Waals surface area contributed by atoms with E-state index in [2.05, 4.69) is 5.43 Å². The molecule has 3 aromatic rings. The summed E-state index contributed by atoms with van der Waals surface area (Å²) in [5.74, 6) is 0.441. The number of benzene rings is 3. The summed E-state index contributed by atoms with van der Waals surface area (Å²) in [6, 6.07) is 26.9. The van der Waals surface area contributed by atoms with Crippen molar-refractivity contribution in [3.8, 4) is 5.75 Å². The van der Waals surface area contributed by atoms with Gasteiger partial charge in [0.15, 0.2) is 0 Å². The van der Waals surface area contributed by atoms with Crippen molar-refractivity contribution in [2.45, 2.75) is 6.54 Å². The maximum Gasteiger partial charge on any atom is 0.269 e. The smallest absolute Gasteiger partial charge is 0.269 e. The van der Waals surface area contributed by atoms with Crippen LogP contribution in [-0.2, 0) is 11.3 Å². The fourth-order valence-corrected chi connectivity index (χ4v) is 2.73. The molecule has 0 saturated heterocycles. The molecule has 0 aliphatic rings. The molecule has 0 radical (unpaired) electrons. The first-order valence-corrected chi connectivity index (χ1v) is 9.15. The number of carbonyl (C=O) groups excluding carboxylic acids is 1. The van der Waals surface area contributed by atoms with Gasteiger partial charge in [0.05, 0.1) is 18.8 Å². The van der Waals surface area contributed by atoms with Crippen LogP contribution in [0.15, 0.2) is 84.9 Å². The van der Waals surface area contributed by atoms with Crippen molar-refractivity contribution in [3.05, 3.63) is 96.1 Å². The van der Waals surface area contributed by atoms with Gasteiger partial charge >= 0.3 is 0 Å². The molecule has 0 fully saturated rings. The minimum atomic E-state index is -0.197. The van der Waals surface area contributed by atoms with Crippen LogP contribution < -0.4 is 15.2 Å². The Morgan fingerprint density at radius 3 is 2.32 bits per heavy atom. The molecule has 0 bridgehead atoms. The number of nitrogens with zero attached hydrogens (tertiary/aromatic N) is 1. The highest BCUT2D eigenvalue weighted by Crippen LogP contribution is 2.17. The summed E-state index contributed by atoms with van der Waals surface area (Å²) in [5, 5.41) is 1.84. The zero-order valence-corrected chi connectivity index (χ0v) is 15.9. The summed E-state index contributed by atoms with van der Waals surface area (Å²) in [6.45, 7) is 1.49. The van der Waals surface area contributed by atoms with E-state index in [1.807, 2.05) is 71.7 Å². The van der Waals surface area contributed by atoms with Crippen molar-refractivity contribution in [1.29, 1.82) is 0 Å². The number of nitrogens with one attached hydrogen (secondary N) is 1. The van der Waals surface area contributed by atoms with Crippen molar-refractivity contribution >= 4 is 11.6 Å². The molecular weight excluding hydrogens is 352 g/mol. The van der Waals surface area contributed by atoms with Crippen LogP contribution >= 0.6 is 0 Å². The molecule has 1 amide bonds. The number of hydrogen-bond donors (Lipinski definition) is 1. The Labute approximate surface area is 165 Å². The van der Waals surface area contributed by atoms with E-state index in [1.165, 1.54) is 0 Å². The van der Waals surface area contributed by atoms with Gasteiger partial charge in [0.25, 0.3) is 5.91 Å². The Balaban J connectivity index is 1.75. The number of ether oxygens (including phenoxy) is 2. The lowest BCUT2D eigenvalue weighted by Crippen LogP contribution is -2.42. The quantitative estimate of drug-likeness (QED) is 0.452. The fraction of sp³-hybridized carbons (Fsp3) is 0.174. The van der Waals surface area contributed by atoms with E-state index in [0.717, 1.165) is 11.3 Å². The fourth-order valence-electron chi connectivity index (χ4n) is 2.73. The summed E-state index contributed by atoms with van der Waals surface area (Å²) < 4.78 is 10.6. The molecule has 0 atom stereocenters. The van der Waals surface area contributed by atoms with Gasteiger partial charge in [0.2, 0.25) is 0 Å². The van der Waals surface area contributed by atoms with Crippen LogP contribution in [0.25, 0.3) is 0 Å². The lowest BCUT2D eigenvalue weighted by molar-refractivity contribution is 0.0947. The number of rotatable bonds is 9. The molecule has 0 saturated carbocycles. The van der Waals surface area contributed by atoms with Crippen LogP contribution in [0.5, 0.6) is 5.75 Å². The van der Waals surface area contributed by atoms with Gasteiger partial charge in [-0.2, -0.15) is 0 Å². The van der Waals surface area contributed by atoms with Gasteiger partial charge in [-0.1, -0.05) is 54.6 Å². The third kappa shape index (κ3) is 5.59. The average molecular weight is 376 g/mol. The molecule has 0 spiro atoms. The van der Waals surface area contributed by atoms with E-state index in [0.29, 0.717) is 31.1 Å². The van der Waals surface area contributed by atoms with E-state index in [-0.39, 0.29) is 5.91 Å². The maximum absolute atomic E-state index is 12.9. The lowest BCUT2D eigenvalue weighted by atomic mass is 10.2. The minimum Gasteiger partial charge on any atom is -0.491 e. The van der Waals surface area contributed by atoms with E-state index in [1.54, 1.807) is 25.3 Å². The van der Waals surface area contributed by atoms with Crippen LogP contribution in [0.3, 0.4) is 0 Å². The van der Waals surface area contributed by atoms with E-state index < -0.39 is 0 Å². The number of carbonyl (C=O) groups is 1. The molecule has 144 valence electrons. The van der Waals surface area contributed by atoms with Crippen LogP contribution in [0.1, 0.15) is 15.9 Å². The van der Waals surface area contributed by atoms with Gasteiger partial charge < -0.3 is 9.47 Å². The number of para-hydroxylation sites is 1. The summed E-state index contributed by atoms with van der Waals surface area (Å²) >= 11 is 0. The van der Waals surface area contributed by atoms with Crippen LogP contribution in [-0.4, -0.2) is 26.2 Å². The molecule has 3 rings (SSSR count). The Morgan fingerprint density at radius 2 is 1.61 bits per heavy atom. The van der Waals surface area contributed by atoms with E-state index >= 15 is 0 Å². The number of methoxy groups -OCH3 is 1. The summed E-state index contributed by atoms with van der Waals surface area (Å²) in [6.07, 6.45) is 0. The Morgan fingerprint density at radius 1 is 0.893 bits per heavy atom. The number of amides is 1. The first-order chi connectivity index (χ1) is 13.8. The standard InChI is InChI=1S/C23H24N2O3/c1-27-15-16-28-22-14-8-11-20(17-22)23(26)24-25(21-12-6-3-7-13-21)18-19-9-4-2-5-10-19/h2-14,17H,15-16,18H2,1H3,(H,24,26). The molecule has 0 unspecified atom stereocenters. The zero-order valence-electron chi connectivity index (χ0n) is 15.9. The Kier molecular flexibility index (Phi) is 7.04. The normalized spacial score (nSPS) is 10.3. The van der Waals surface area contributed by atoms with Gasteiger partial charge in [0, 0.05) is 12.7 Å². The second-order valence-corrected chi connectivity index (χ2v) is 6.22. The third-order valence-corrected chi connectivity index (χ3v) is 4.14. The van der Waals surface area contributed by atoms with Gasteiger partial charge in [-0.25, -0.2) is 0 Å². The van der Waals surface area contributed by atoms with Crippen molar-refractivity contribution < 1.29 is 14.3 Å².